The lowest BCUT2D eigenvalue weighted by atomic mass is 10.1. The van der Waals surface area contributed by atoms with E-state index in [2.05, 4.69) is 4.99 Å². The minimum Gasteiger partial charge on any atom is -0.267 e. The summed E-state index contributed by atoms with van der Waals surface area (Å²) in [6.45, 7) is 1.97. The third-order valence-electron chi connectivity index (χ3n) is 3.86. The molecule has 0 saturated carbocycles. The molecule has 0 fully saturated rings. The van der Waals surface area contributed by atoms with Crippen LogP contribution in [-0.4, -0.2) is 40.3 Å². The van der Waals surface area contributed by atoms with Gasteiger partial charge >= 0.3 is 0 Å². The highest BCUT2D eigenvalue weighted by Gasteiger charge is 2.39. The van der Waals surface area contributed by atoms with Gasteiger partial charge in [0, 0.05) is 7.05 Å². The summed E-state index contributed by atoms with van der Waals surface area (Å²) in [5.41, 5.74) is 2.68. The number of carbonyl (C=O) groups excluding carboxylic acids is 2. The average Bonchev–Trinajstić information content (AvgIpc) is 2.85. The first-order valence-corrected chi connectivity index (χ1v) is 8.67. The standard InChI is InChI=1S/C18H17N3O2S/c1-12-8-4-7-11-15(12)19-18(24-3)20(2)21-16(22)13-9-5-6-10-14(13)17(21)23/h4-11H,1-3H3. The molecule has 0 spiro atoms. The molecule has 122 valence electrons. The number of rotatable bonds is 2. The zero-order valence-corrected chi connectivity index (χ0v) is 14.5. The van der Waals surface area contributed by atoms with Gasteiger partial charge in [-0.3, -0.25) is 14.6 Å². The molecule has 3 rings (SSSR count). The van der Waals surface area contributed by atoms with Crippen LogP contribution in [0.15, 0.2) is 53.5 Å². The van der Waals surface area contributed by atoms with E-state index in [9.17, 15) is 9.59 Å². The second-order valence-corrected chi connectivity index (χ2v) is 6.15. The highest BCUT2D eigenvalue weighted by molar-refractivity contribution is 8.13. The third kappa shape index (κ3) is 2.69. The van der Waals surface area contributed by atoms with Gasteiger partial charge in [-0.05, 0) is 36.9 Å². The Morgan fingerprint density at radius 2 is 1.54 bits per heavy atom. The molecule has 1 aliphatic heterocycles. The number of aryl methyl sites for hydroxylation is 1. The fourth-order valence-electron chi connectivity index (χ4n) is 2.58. The number of hydrazine groups is 1. The van der Waals surface area contributed by atoms with E-state index in [0.717, 1.165) is 16.3 Å². The Bertz CT molecular complexity index is 813. The van der Waals surface area contributed by atoms with Crippen LogP contribution in [0.3, 0.4) is 0 Å². The van der Waals surface area contributed by atoms with Gasteiger partial charge in [-0.25, -0.2) is 4.99 Å². The molecular formula is C18H17N3O2S. The number of hydrogen-bond acceptors (Lipinski definition) is 4. The van der Waals surface area contributed by atoms with Crippen molar-refractivity contribution in [2.75, 3.05) is 13.3 Å². The van der Waals surface area contributed by atoms with Gasteiger partial charge in [-0.15, -0.1) is 0 Å². The lowest BCUT2D eigenvalue weighted by Crippen LogP contribution is -2.46. The molecule has 0 atom stereocenters. The van der Waals surface area contributed by atoms with Crippen LogP contribution in [0.1, 0.15) is 26.3 Å². The summed E-state index contributed by atoms with van der Waals surface area (Å²) in [5, 5.41) is 3.22. The molecule has 1 aliphatic rings. The first-order valence-electron chi connectivity index (χ1n) is 7.44. The summed E-state index contributed by atoms with van der Waals surface area (Å²) in [4.78, 5) is 29.8. The average molecular weight is 339 g/mol. The van der Waals surface area contributed by atoms with Crippen molar-refractivity contribution in [1.82, 2.24) is 10.0 Å². The van der Waals surface area contributed by atoms with Gasteiger partial charge in [0.1, 0.15) is 0 Å². The van der Waals surface area contributed by atoms with E-state index in [0.29, 0.717) is 16.3 Å². The SMILES string of the molecule is CSC(=Nc1ccccc1C)N(C)N1C(=O)c2ccccc2C1=O. The number of para-hydroxylation sites is 1. The topological polar surface area (TPSA) is 53.0 Å². The molecule has 0 aliphatic carbocycles. The van der Waals surface area contributed by atoms with Crippen LogP contribution >= 0.6 is 11.8 Å². The summed E-state index contributed by atoms with van der Waals surface area (Å²) in [7, 11) is 1.68. The second kappa shape index (κ2) is 6.49. The highest BCUT2D eigenvalue weighted by atomic mass is 32.2. The number of carbonyl (C=O) groups is 2. The van der Waals surface area contributed by atoms with Gasteiger partial charge in [0.25, 0.3) is 11.8 Å². The van der Waals surface area contributed by atoms with Crippen LogP contribution in [0.2, 0.25) is 0 Å². The van der Waals surface area contributed by atoms with Crippen LogP contribution in [0.25, 0.3) is 0 Å². The maximum absolute atomic E-state index is 12.6. The maximum atomic E-state index is 12.6. The summed E-state index contributed by atoms with van der Waals surface area (Å²) >= 11 is 1.38. The number of amides is 2. The molecule has 2 aromatic carbocycles. The van der Waals surface area contributed by atoms with Crippen LogP contribution in [0, 0.1) is 6.92 Å². The van der Waals surface area contributed by atoms with Crippen LogP contribution < -0.4 is 0 Å². The van der Waals surface area contributed by atoms with Gasteiger partial charge in [-0.1, -0.05) is 42.1 Å². The first kappa shape index (κ1) is 16.3. The Kier molecular flexibility index (Phi) is 4.40. The largest absolute Gasteiger partial charge is 0.280 e. The molecule has 5 nitrogen and oxygen atoms in total. The Balaban J connectivity index is 1.96. The number of fused-ring (bicyclic) bond motifs is 1. The van der Waals surface area contributed by atoms with E-state index in [1.54, 1.807) is 31.3 Å². The maximum Gasteiger partial charge on any atom is 0.280 e. The van der Waals surface area contributed by atoms with E-state index < -0.39 is 0 Å². The highest BCUT2D eigenvalue weighted by Crippen LogP contribution is 2.26. The number of thioether (sulfide) groups is 1. The predicted octanol–water partition coefficient (Wildman–Crippen LogP) is 3.49. The predicted molar refractivity (Wildman–Crippen MR) is 96.5 cm³/mol. The third-order valence-corrected chi connectivity index (χ3v) is 4.58. The normalized spacial score (nSPS) is 14.1. The number of benzene rings is 2. The van der Waals surface area contributed by atoms with Gasteiger partial charge < -0.3 is 0 Å². The van der Waals surface area contributed by atoms with Crippen LogP contribution in [-0.2, 0) is 0 Å². The molecule has 0 aromatic heterocycles. The van der Waals surface area contributed by atoms with Crippen LogP contribution in [0.4, 0.5) is 5.69 Å². The monoisotopic (exact) mass is 339 g/mol. The second-order valence-electron chi connectivity index (χ2n) is 5.38. The first-order chi connectivity index (χ1) is 11.5. The number of aliphatic imine (C=N–C) groups is 1. The van der Waals surface area contributed by atoms with Crippen molar-refractivity contribution >= 4 is 34.4 Å². The Morgan fingerprint density at radius 1 is 1.00 bits per heavy atom. The number of amidine groups is 1. The zero-order valence-electron chi connectivity index (χ0n) is 13.7. The molecule has 0 bridgehead atoms. The lowest BCUT2D eigenvalue weighted by Gasteiger charge is -2.27. The van der Waals surface area contributed by atoms with Gasteiger partial charge in [0.05, 0.1) is 16.8 Å². The van der Waals surface area contributed by atoms with Crippen molar-refractivity contribution in [2.45, 2.75) is 6.92 Å². The van der Waals surface area contributed by atoms with E-state index in [-0.39, 0.29) is 11.8 Å². The van der Waals surface area contributed by atoms with Crippen molar-refractivity contribution in [2.24, 2.45) is 4.99 Å². The lowest BCUT2D eigenvalue weighted by molar-refractivity contribution is 0.0369. The Hall–Kier alpha value is -2.60. The molecule has 0 radical (unpaired) electrons. The number of hydrogen-bond donors (Lipinski definition) is 0. The van der Waals surface area contributed by atoms with Crippen molar-refractivity contribution in [1.29, 1.82) is 0 Å². The molecule has 0 saturated heterocycles. The van der Waals surface area contributed by atoms with E-state index in [1.165, 1.54) is 16.8 Å². The van der Waals surface area contributed by atoms with E-state index >= 15 is 0 Å². The summed E-state index contributed by atoms with van der Waals surface area (Å²) in [6.07, 6.45) is 1.87. The molecular weight excluding hydrogens is 322 g/mol. The van der Waals surface area contributed by atoms with Crippen molar-refractivity contribution in [3.63, 3.8) is 0 Å². The summed E-state index contributed by atoms with van der Waals surface area (Å²) in [5.74, 6) is -0.658. The minimum atomic E-state index is -0.329. The molecule has 6 heteroatoms. The summed E-state index contributed by atoms with van der Waals surface area (Å²) < 4.78 is 0. The Morgan fingerprint density at radius 3 is 2.08 bits per heavy atom. The minimum absolute atomic E-state index is 0.329. The van der Waals surface area contributed by atoms with E-state index in [4.69, 9.17) is 0 Å². The zero-order chi connectivity index (χ0) is 17.3. The van der Waals surface area contributed by atoms with Crippen molar-refractivity contribution in [3.05, 3.63) is 65.2 Å². The molecule has 2 amide bonds. The fraction of sp³-hybridized carbons (Fsp3) is 0.167. The molecule has 0 unspecified atom stereocenters. The van der Waals surface area contributed by atoms with Gasteiger partial charge in [-0.2, -0.15) is 5.01 Å². The van der Waals surface area contributed by atoms with Crippen molar-refractivity contribution < 1.29 is 9.59 Å². The van der Waals surface area contributed by atoms with Gasteiger partial charge in [0.15, 0.2) is 5.17 Å². The number of nitrogens with zero attached hydrogens (tertiary/aromatic N) is 3. The van der Waals surface area contributed by atoms with Crippen molar-refractivity contribution in [3.8, 4) is 0 Å². The van der Waals surface area contributed by atoms with E-state index in [1.807, 2.05) is 37.4 Å². The quantitative estimate of drug-likeness (QED) is 0.477. The van der Waals surface area contributed by atoms with Gasteiger partial charge in [0.2, 0.25) is 0 Å². The fourth-order valence-corrected chi connectivity index (χ4v) is 3.11. The molecule has 2 aromatic rings. The Labute approximate surface area is 145 Å². The number of imide groups is 1. The molecule has 1 heterocycles. The molecule has 0 N–H and O–H groups in total. The smallest absolute Gasteiger partial charge is 0.267 e. The molecule has 24 heavy (non-hydrogen) atoms. The summed E-state index contributed by atoms with van der Waals surface area (Å²) in [6, 6.07) is 14.6. The van der Waals surface area contributed by atoms with Crippen LogP contribution in [0.5, 0.6) is 0 Å².